The topological polar surface area (TPSA) is 79.0 Å². The molecule has 0 aromatic heterocycles. The Bertz CT molecular complexity index is 755. The molecule has 7 nitrogen and oxygen atoms in total. The van der Waals surface area contributed by atoms with Crippen LogP contribution in [0.5, 0.6) is 0 Å². The number of hydrogen-bond acceptors (Lipinski definition) is 5. The van der Waals surface area contributed by atoms with Crippen molar-refractivity contribution in [1.82, 2.24) is 4.90 Å². The number of sulfonamides is 1. The predicted molar refractivity (Wildman–Crippen MR) is 115 cm³/mol. The molecule has 0 saturated carbocycles. The minimum absolute atomic E-state index is 0.0197. The number of anilines is 2. The van der Waals surface area contributed by atoms with Crippen LogP contribution in [-0.2, 0) is 26.1 Å². The minimum atomic E-state index is -3.38. The summed E-state index contributed by atoms with van der Waals surface area (Å²) in [6, 6.07) is 5.42. The van der Waals surface area contributed by atoms with E-state index in [1.807, 2.05) is 52.8 Å². The van der Waals surface area contributed by atoms with Crippen molar-refractivity contribution in [3.05, 3.63) is 23.8 Å². The second-order valence-corrected chi connectivity index (χ2v) is 9.97. The maximum Gasteiger partial charge on any atom is 0.232 e. The van der Waals surface area contributed by atoms with Crippen molar-refractivity contribution >= 4 is 27.3 Å². The Morgan fingerprint density at radius 1 is 1.21 bits per heavy atom. The molecule has 160 valence electrons. The van der Waals surface area contributed by atoms with E-state index >= 15 is 0 Å². The van der Waals surface area contributed by atoms with Crippen LogP contribution in [0.15, 0.2) is 18.2 Å². The molecule has 0 heterocycles. The molecule has 0 unspecified atom stereocenters. The molecule has 0 aliphatic heterocycles. The van der Waals surface area contributed by atoms with Crippen LogP contribution in [0.25, 0.3) is 0 Å². The fraction of sp³-hybridized carbons (Fsp3) is 0.650. The van der Waals surface area contributed by atoms with Crippen molar-refractivity contribution < 1.29 is 17.9 Å². The van der Waals surface area contributed by atoms with Gasteiger partial charge in [0, 0.05) is 51.1 Å². The molecule has 0 atom stereocenters. The Morgan fingerprint density at radius 2 is 1.86 bits per heavy atom. The molecule has 0 aliphatic carbocycles. The highest BCUT2D eigenvalue weighted by Crippen LogP contribution is 2.27. The van der Waals surface area contributed by atoms with Gasteiger partial charge in [0.25, 0.3) is 0 Å². The van der Waals surface area contributed by atoms with Gasteiger partial charge in [-0.2, -0.15) is 0 Å². The normalized spacial score (nSPS) is 12.0. The number of rotatable bonds is 10. The van der Waals surface area contributed by atoms with E-state index in [0.29, 0.717) is 31.8 Å². The summed E-state index contributed by atoms with van der Waals surface area (Å²) >= 11 is 0. The molecular formula is C20H35N3O4S. The van der Waals surface area contributed by atoms with Crippen LogP contribution in [-0.4, -0.2) is 59.3 Å². The Hall–Kier alpha value is -1.80. The van der Waals surface area contributed by atoms with Crippen LogP contribution in [0.2, 0.25) is 0 Å². The summed E-state index contributed by atoms with van der Waals surface area (Å²) in [7, 11) is 2.07. The fourth-order valence-electron chi connectivity index (χ4n) is 2.85. The molecule has 8 heteroatoms. The van der Waals surface area contributed by atoms with Gasteiger partial charge < -0.3 is 14.5 Å². The Balaban J connectivity index is 3.25. The largest absolute Gasteiger partial charge is 0.383 e. The molecule has 0 aliphatic rings. The number of amides is 1. The summed E-state index contributed by atoms with van der Waals surface area (Å²) in [5.74, 6) is 0.0893. The summed E-state index contributed by atoms with van der Waals surface area (Å²) in [4.78, 5) is 16.6. The number of ether oxygens (including phenoxy) is 1. The lowest BCUT2D eigenvalue weighted by Gasteiger charge is -2.31. The molecule has 0 radical (unpaired) electrons. The molecule has 1 aromatic carbocycles. The number of hydrogen-bond donors (Lipinski definition) is 1. The first kappa shape index (κ1) is 24.2. The van der Waals surface area contributed by atoms with Gasteiger partial charge in [0.2, 0.25) is 15.9 Å². The Morgan fingerprint density at radius 3 is 2.36 bits per heavy atom. The Kier molecular flexibility index (Phi) is 8.75. The van der Waals surface area contributed by atoms with E-state index in [1.165, 1.54) is 0 Å². The highest BCUT2D eigenvalue weighted by molar-refractivity contribution is 7.92. The number of nitrogens with zero attached hydrogens (tertiary/aromatic N) is 2. The fourth-order valence-corrected chi connectivity index (χ4v) is 3.97. The van der Waals surface area contributed by atoms with Gasteiger partial charge in [0.05, 0.1) is 12.4 Å². The summed E-state index contributed by atoms with van der Waals surface area (Å²) in [6.45, 7) is 8.75. The van der Waals surface area contributed by atoms with Crippen LogP contribution in [0.3, 0.4) is 0 Å². The summed E-state index contributed by atoms with van der Waals surface area (Å²) in [6.07, 6.45) is 0.544. The quantitative estimate of drug-likeness (QED) is 0.638. The molecule has 1 N–H and O–H groups in total. The molecule has 28 heavy (non-hydrogen) atoms. The molecule has 0 saturated heterocycles. The van der Waals surface area contributed by atoms with Gasteiger partial charge >= 0.3 is 0 Å². The van der Waals surface area contributed by atoms with Crippen molar-refractivity contribution in [1.29, 1.82) is 0 Å². The van der Waals surface area contributed by atoms with Crippen LogP contribution < -0.4 is 9.62 Å². The third-order valence-electron chi connectivity index (χ3n) is 4.16. The zero-order valence-corrected chi connectivity index (χ0v) is 19.0. The number of carbonyl (C=O) groups excluding carboxylic acids is 1. The van der Waals surface area contributed by atoms with Gasteiger partial charge in [-0.05, 0) is 30.2 Å². The van der Waals surface area contributed by atoms with Crippen molar-refractivity contribution in [2.24, 2.45) is 5.41 Å². The number of carbonyl (C=O) groups is 1. The van der Waals surface area contributed by atoms with Gasteiger partial charge in [-0.1, -0.05) is 27.7 Å². The lowest BCUT2D eigenvalue weighted by atomic mass is 9.94. The molecule has 1 amide bonds. The average molecular weight is 414 g/mol. The van der Waals surface area contributed by atoms with Crippen LogP contribution in [0, 0.1) is 5.41 Å². The first-order valence-corrected chi connectivity index (χ1v) is 11.2. The number of benzene rings is 1. The van der Waals surface area contributed by atoms with Crippen LogP contribution in [0.4, 0.5) is 11.4 Å². The van der Waals surface area contributed by atoms with Crippen molar-refractivity contribution in [2.45, 2.75) is 40.7 Å². The zero-order valence-electron chi connectivity index (χ0n) is 18.2. The van der Waals surface area contributed by atoms with Gasteiger partial charge in [0.1, 0.15) is 0 Å². The van der Waals surface area contributed by atoms with Crippen molar-refractivity contribution in [3.63, 3.8) is 0 Å². The SMILES string of the molecule is CCCS(=O)(=O)Nc1ccc(N(C)C)c(CN(CCOC)C(=O)C(C)(C)C)c1. The maximum atomic E-state index is 12.9. The van der Waals surface area contributed by atoms with Gasteiger partial charge in [-0.25, -0.2) is 8.42 Å². The van der Waals surface area contributed by atoms with Crippen molar-refractivity contribution in [2.75, 3.05) is 49.7 Å². The average Bonchev–Trinajstić information content (AvgIpc) is 2.56. The minimum Gasteiger partial charge on any atom is -0.383 e. The summed E-state index contributed by atoms with van der Waals surface area (Å²) in [5, 5.41) is 0. The standard InChI is InChI=1S/C20H35N3O4S/c1-8-13-28(25,26)21-17-9-10-18(22(5)6)16(14-17)15-23(11-12-27-7)19(24)20(2,3)4/h9-10,14,21H,8,11-13,15H2,1-7H3. The van der Waals surface area contributed by atoms with Crippen molar-refractivity contribution in [3.8, 4) is 0 Å². The third kappa shape index (κ3) is 7.31. The second-order valence-electron chi connectivity index (χ2n) is 8.13. The molecule has 0 bridgehead atoms. The van der Waals surface area contributed by atoms with E-state index in [-0.39, 0.29) is 11.7 Å². The highest BCUT2D eigenvalue weighted by atomic mass is 32.2. The smallest absolute Gasteiger partial charge is 0.232 e. The first-order chi connectivity index (χ1) is 12.9. The third-order valence-corrected chi connectivity index (χ3v) is 5.66. The van der Waals surface area contributed by atoms with E-state index in [9.17, 15) is 13.2 Å². The van der Waals surface area contributed by atoms with E-state index in [2.05, 4.69) is 4.72 Å². The summed E-state index contributed by atoms with van der Waals surface area (Å²) in [5.41, 5.74) is 1.79. The van der Waals surface area contributed by atoms with E-state index < -0.39 is 15.4 Å². The molecule has 0 fully saturated rings. The zero-order chi connectivity index (χ0) is 21.5. The molecule has 1 rings (SSSR count). The molecule has 1 aromatic rings. The van der Waals surface area contributed by atoms with Gasteiger partial charge in [-0.15, -0.1) is 0 Å². The summed E-state index contributed by atoms with van der Waals surface area (Å²) < 4.78 is 32.1. The maximum absolute atomic E-state index is 12.9. The van der Waals surface area contributed by atoms with Crippen LogP contribution in [0.1, 0.15) is 39.7 Å². The van der Waals surface area contributed by atoms with Gasteiger partial charge in [0.15, 0.2) is 0 Å². The first-order valence-electron chi connectivity index (χ1n) is 9.50. The van der Waals surface area contributed by atoms with E-state index in [0.717, 1.165) is 11.3 Å². The monoisotopic (exact) mass is 413 g/mol. The van der Waals surface area contributed by atoms with E-state index in [4.69, 9.17) is 4.74 Å². The number of nitrogens with one attached hydrogen (secondary N) is 1. The molecular weight excluding hydrogens is 378 g/mol. The van der Waals surface area contributed by atoms with Gasteiger partial charge in [-0.3, -0.25) is 9.52 Å². The van der Waals surface area contributed by atoms with E-state index in [1.54, 1.807) is 24.1 Å². The number of methoxy groups -OCH3 is 1. The Labute approximate surface area is 170 Å². The van der Waals surface area contributed by atoms with Crippen LogP contribution >= 0.6 is 0 Å². The lowest BCUT2D eigenvalue weighted by Crippen LogP contribution is -2.41. The second kappa shape index (κ2) is 10.1. The lowest BCUT2D eigenvalue weighted by molar-refractivity contribution is -0.140. The molecule has 0 spiro atoms. The highest BCUT2D eigenvalue weighted by Gasteiger charge is 2.28. The predicted octanol–water partition coefficient (Wildman–Crippen LogP) is 2.93.